The average Bonchev–Trinajstić information content (AvgIpc) is 3.00. The van der Waals surface area contributed by atoms with E-state index in [1.165, 1.54) is 6.39 Å². The smallest absolute Gasteiger partial charge is 0.228 e. The number of oxazole rings is 1. The van der Waals surface area contributed by atoms with E-state index in [1.807, 2.05) is 38.1 Å². The van der Waals surface area contributed by atoms with E-state index >= 15 is 0 Å². The highest BCUT2D eigenvalue weighted by atomic mass is 16.3. The van der Waals surface area contributed by atoms with Crippen molar-refractivity contribution < 1.29 is 14.0 Å². The minimum absolute atomic E-state index is 0.0289. The molecule has 2 aromatic rings. The van der Waals surface area contributed by atoms with Crippen LogP contribution >= 0.6 is 0 Å². The lowest BCUT2D eigenvalue weighted by Crippen LogP contribution is -2.53. The Morgan fingerprint density at radius 2 is 2.09 bits per heavy atom. The van der Waals surface area contributed by atoms with Crippen molar-refractivity contribution in [2.45, 2.75) is 27.2 Å². The first-order valence-corrected chi connectivity index (χ1v) is 7.70. The predicted octanol–water partition coefficient (Wildman–Crippen LogP) is 3.53. The Morgan fingerprint density at radius 1 is 1.30 bits per heavy atom. The van der Waals surface area contributed by atoms with E-state index in [0.717, 1.165) is 5.56 Å². The van der Waals surface area contributed by atoms with E-state index in [-0.39, 0.29) is 28.9 Å². The number of ketones is 1. The number of rotatable bonds is 4. The van der Waals surface area contributed by atoms with Crippen molar-refractivity contribution in [2.24, 2.45) is 17.3 Å². The molecular formula is C18H20N2O3. The third-order valence-electron chi connectivity index (χ3n) is 4.92. The molecule has 1 aliphatic carbocycles. The van der Waals surface area contributed by atoms with Crippen LogP contribution in [0.1, 0.15) is 27.2 Å². The molecule has 0 aliphatic heterocycles. The number of Topliss-reactive ketones (excluding diaryl/α,β-unsaturated/α-hetero) is 1. The van der Waals surface area contributed by atoms with Crippen molar-refractivity contribution in [3.63, 3.8) is 0 Å². The quantitative estimate of drug-likeness (QED) is 0.937. The molecule has 1 aromatic heterocycles. The highest BCUT2D eigenvalue weighted by Gasteiger charge is 2.53. The predicted molar refractivity (Wildman–Crippen MR) is 86.6 cm³/mol. The third-order valence-corrected chi connectivity index (χ3v) is 4.92. The first-order valence-electron chi connectivity index (χ1n) is 7.70. The number of amides is 1. The van der Waals surface area contributed by atoms with Gasteiger partial charge in [0, 0.05) is 23.1 Å². The molecule has 3 rings (SSSR count). The van der Waals surface area contributed by atoms with E-state index in [0.29, 0.717) is 17.9 Å². The monoisotopic (exact) mass is 312 g/mol. The van der Waals surface area contributed by atoms with Crippen LogP contribution in [0.15, 0.2) is 41.3 Å². The van der Waals surface area contributed by atoms with Gasteiger partial charge in [-0.1, -0.05) is 26.0 Å². The minimum atomic E-state index is -0.293. The fourth-order valence-corrected chi connectivity index (χ4v) is 3.40. The molecule has 120 valence electrons. The summed E-state index contributed by atoms with van der Waals surface area (Å²) in [5.41, 5.74) is 1.28. The maximum Gasteiger partial charge on any atom is 0.228 e. The standard InChI is InChI=1S/C18H20N2O3/c1-11(21)14-8-15(18(14,2)3)17(22)20-13-6-4-5-12(7-13)16-9-19-10-23-16/h4-7,9-10,14-15H,8H2,1-3H3,(H,20,22)/t14-,15+/m0/s1. The van der Waals surface area contributed by atoms with Crippen LogP contribution < -0.4 is 5.32 Å². The average molecular weight is 312 g/mol. The van der Waals surface area contributed by atoms with Crippen molar-refractivity contribution in [3.8, 4) is 11.3 Å². The summed E-state index contributed by atoms with van der Waals surface area (Å²) in [6.07, 6.45) is 3.63. The van der Waals surface area contributed by atoms with Gasteiger partial charge in [-0.15, -0.1) is 0 Å². The largest absolute Gasteiger partial charge is 0.444 e. The number of carbonyl (C=O) groups excluding carboxylic acids is 2. The summed E-state index contributed by atoms with van der Waals surface area (Å²) in [4.78, 5) is 28.0. The van der Waals surface area contributed by atoms with Gasteiger partial charge in [-0.25, -0.2) is 4.98 Å². The summed E-state index contributed by atoms with van der Waals surface area (Å²) >= 11 is 0. The Balaban J connectivity index is 1.72. The maximum absolute atomic E-state index is 12.5. The molecule has 5 nitrogen and oxygen atoms in total. The normalized spacial score (nSPS) is 22.2. The van der Waals surface area contributed by atoms with Gasteiger partial charge in [0.1, 0.15) is 5.78 Å². The first-order chi connectivity index (χ1) is 10.9. The minimum Gasteiger partial charge on any atom is -0.444 e. The number of anilines is 1. The number of hydrogen-bond acceptors (Lipinski definition) is 4. The Bertz CT molecular complexity index is 734. The molecule has 0 spiro atoms. The van der Waals surface area contributed by atoms with Gasteiger partial charge in [0.15, 0.2) is 12.2 Å². The van der Waals surface area contributed by atoms with Crippen LogP contribution in [0.5, 0.6) is 0 Å². The van der Waals surface area contributed by atoms with Crippen LogP contribution in [0.3, 0.4) is 0 Å². The molecule has 1 aromatic carbocycles. The summed E-state index contributed by atoms with van der Waals surface area (Å²) in [6.45, 7) is 5.57. The number of hydrogen-bond donors (Lipinski definition) is 1. The zero-order chi connectivity index (χ0) is 16.6. The van der Waals surface area contributed by atoms with Gasteiger partial charge >= 0.3 is 0 Å². The number of nitrogens with zero attached hydrogens (tertiary/aromatic N) is 1. The number of benzene rings is 1. The van der Waals surface area contributed by atoms with Crippen molar-refractivity contribution >= 4 is 17.4 Å². The Labute approximate surface area is 135 Å². The lowest BCUT2D eigenvalue weighted by molar-refractivity contribution is -0.145. The summed E-state index contributed by atoms with van der Waals surface area (Å²) in [5, 5.41) is 2.95. The van der Waals surface area contributed by atoms with Gasteiger partial charge < -0.3 is 9.73 Å². The SMILES string of the molecule is CC(=O)[C@@H]1C[C@H](C(=O)Nc2cccc(-c3cnco3)c2)C1(C)C. The van der Waals surface area contributed by atoms with Gasteiger partial charge in [0.2, 0.25) is 5.91 Å². The van der Waals surface area contributed by atoms with Crippen molar-refractivity contribution in [2.75, 3.05) is 5.32 Å². The second kappa shape index (κ2) is 5.65. The van der Waals surface area contributed by atoms with Crippen molar-refractivity contribution in [3.05, 3.63) is 36.9 Å². The third kappa shape index (κ3) is 2.79. The second-order valence-electron chi connectivity index (χ2n) is 6.71. The summed E-state index contributed by atoms with van der Waals surface area (Å²) in [5.74, 6) is 0.597. The molecular weight excluding hydrogens is 292 g/mol. The van der Waals surface area contributed by atoms with Gasteiger partial charge in [0.05, 0.1) is 6.20 Å². The Morgan fingerprint density at radius 3 is 2.70 bits per heavy atom. The van der Waals surface area contributed by atoms with Crippen LogP contribution in [0.25, 0.3) is 11.3 Å². The van der Waals surface area contributed by atoms with Crippen LogP contribution in [0, 0.1) is 17.3 Å². The second-order valence-corrected chi connectivity index (χ2v) is 6.71. The number of carbonyl (C=O) groups is 2. The lowest BCUT2D eigenvalue weighted by atomic mass is 9.53. The molecule has 1 heterocycles. The fraction of sp³-hybridized carbons (Fsp3) is 0.389. The molecule has 1 saturated carbocycles. The van der Waals surface area contributed by atoms with E-state index in [4.69, 9.17) is 4.42 Å². The lowest BCUT2D eigenvalue weighted by Gasteiger charge is -2.49. The molecule has 0 saturated heterocycles. The van der Waals surface area contributed by atoms with Crippen LogP contribution in [0.2, 0.25) is 0 Å². The van der Waals surface area contributed by atoms with Crippen LogP contribution in [-0.2, 0) is 9.59 Å². The molecule has 1 fully saturated rings. The van der Waals surface area contributed by atoms with Gasteiger partial charge in [-0.2, -0.15) is 0 Å². The van der Waals surface area contributed by atoms with E-state index < -0.39 is 0 Å². The van der Waals surface area contributed by atoms with E-state index in [2.05, 4.69) is 10.3 Å². The van der Waals surface area contributed by atoms with Crippen LogP contribution in [-0.4, -0.2) is 16.7 Å². The van der Waals surface area contributed by atoms with Crippen molar-refractivity contribution in [1.29, 1.82) is 0 Å². The Kier molecular flexibility index (Phi) is 3.80. The number of nitrogens with one attached hydrogen (secondary N) is 1. The molecule has 0 unspecified atom stereocenters. The first kappa shape index (κ1) is 15.5. The zero-order valence-electron chi connectivity index (χ0n) is 13.5. The Hall–Kier alpha value is -2.43. The van der Waals surface area contributed by atoms with Gasteiger partial charge in [-0.3, -0.25) is 9.59 Å². The number of aromatic nitrogens is 1. The molecule has 0 radical (unpaired) electrons. The van der Waals surface area contributed by atoms with Crippen LogP contribution in [0.4, 0.5) is 5.69 Å². The fourth-order valence-electron chi connectivity index (χ4n) is 3.40. The zero-order valence-corrected chi connectivity index (χ0v) is 13.5. The molecule has 1 amide bonds. The molecule has 0 bridgehead atoms. The van der Waals surface area contributed by atoms with E-state index in [9.17, 15) is 9.59 Å². The summed E-state index contributed by atoms with van der Waals surface area (Å²) in [6, 6.07) is 7.45. The molecule has 23 heavy (non-hydrogen) atoms. The molecule has 1 N–H and O–H groups in total. The summed E-state index contributed by atoms with van der Waals surface area (Å²) in [7, 11) is 0. The highest BCUT2D eigenvalue weighted by molar-refractivity contribution is 5.96. The van der Waals surface area contributed by atoms with Gasteiger partial charge in [0.25, 0.3) is 0 Å². The molecule has 5 heteroatoms. The summed E-state index contributed by atoms with van der Waals surface area (Å²) < 4.78 is 5.27. The van der Waals surface area contributed by atoms with Gasteiger partial charge in [-0.05, 0) is 30.9 Å². The molecule has 2 atom stereocenters. The molecule has 1 aliphatic rings. The van der Waals surface area contributed by atoms with E-state index in [1.54, 1.807) is 13.1 Å². The highest BCUT2D eigenvalue weighted by Crippen LogP contribution is 2.52. The topological polar surface area (TPSA) is 72.2 Å². The maximum atomic E-state index is 12.5. The van der Waals surface area contributed by atoms with Crippen molar-refractivity contribution in [1.82, 2.24) is 4.98 Å².